The van der Waals surface area contributed by atoms with E-state index in [4.69, 9.17) is 27.9 Å². The fourth-order valence-electron chi connectivity index (χ4n) is 4.26. The molecule has 5 nitrogen and oxygen atoms in total. The number of phenols is 1. The SMILES string of the molecule is COc1ccc2c(O)cc3c(c2c1)[C@H](CCl)CN3C(=O)c1cc2cc(Cl)ccc2[nH]1. The standard InChI is InChI=1S/C23H18Cl2N2O3/c1-30-15-3-4-16-17(8-15)22-13(10-24)11-27(20(22)9-21(16)28)23(29)19-7-12-6-14(25)2-5-18(12)26-19/h2-9,13,26,28H,10-11H2,1H3/t13-/m1/s1. The molecule has 30 heavy (non-hydrogen) atoms. The maximum Gasteiger partial charge on any atom is 0.274 e. The predicted molar refractivity (Wildman–Crippen MR) is 121 cm³/mol. The molecular weight excluding hydrogens is 423 g/mol. The third-order valence-corrected chi connectivity index (χ3v) is 6.30. The number of aromatic amines is 1. The summed E-state index contributed by atoms with van der Waals surface area (Å²) < 4.78 is 5.37. The molecular formula is C23H18Cl2N2O3. The number of amides is 1. The number of aromatic hydroxyl groups is 1. The van der Waals surface area contributed by atoms with E-state index < -0.39 is 0 Å². The van der Waals surface area contributed by atoms with Crippen molar-refractivity contribution in [3.8, 4) is 11.5 Å². The van der Waals surface area contributed by atoms with Crippen molar-refractivity contribution in [1.29, 1.82) is 0 Å². The summed E-state index contributed by atoms with van der Waals surface area (Å²) >= 11 is 12.4. The van der Waals surface area contributed by atoms with E-state index in [0.29, 0.717) is 40.0 Å². The van der Waals surface area contributed by atoms with Crippen LogP contribution in [0.4, 0.5) is 5.69 Å². The zero-order chi connectivity index (χ0) is 21.0. The smallest absolute Gasteiger partial charge is 0.274 e. The van der Waals surface area contributed by atoms with Crippen molar-refractivity contribution in [2.75, 3.05) is 24.4 Å². The molecule has 0 radical (unpaired) electrons. The lowest BCUT2D eigenvalue weighted by molar-refractivity contribution is 0.0984. The van der Waals surface area contributed by atoms with Gasteiger partial charge >= 0.3 is 0 Å². The topological polar surface area (TPSA) is 65.6 Å². The molecule has 7 heteroatoms. The Labute approximate surface area is 182 Å². The number of hydrogen-bond donors (Lipinski definition) is 2. The fourth-order valence-corrected chi connectivity index (χ4v) is 4.70. The highest BCUT2D eigenvalue weighted by atomic mass is 35.5. The largest absolute Gasteiger partial charge is 0.507 e. The first kappa shape index (κ1) is 19.1. The van der Waals surface area contributed by atoms with Crippen LogP contribution in [0.5, 0.6) is 11.5 Å². The number of anilines is 1. The predicted octanol–water partition coefficient (Wildman–Crippen LogP) is 5.67. The number of nitrogens with zero attached hydrogens (tertiary/aromatic N) is 1. The van der Waals surface area contributed by atoms with Gasteiger partial charge in [-0.25, -0.2) is 0 Å². The van der Waals surface area contributed by atoms with Crippen LogP contribution in [-0.4, -0.2) is 35.5 Å². The zero-order valence-corrected chi connectivity index (χ0v) is 17.6. The van der Waals surface area contributed by atoms with Crippen LogP contribution in [0.15, 0.2) is 48.5 Å². The maximum absolute atomic E-state index is 13.4. The molecule has 5 rings (SSSR count). The number of ether oxygens (including phenoxy) is 1. The minimum absolute atomic E-state index is 0.0559. The minimum atomic E-state index is -0.183. The van der Waals surface area contributed by atoms with Crippen LogP contribution < -0.4 is 9.64 Å². The molecule has 0 unspecified atom stereocenters. The Morgan fingerprint density at radius 1 is 1.20 bits per heavy atom. The van der Waals surface area contributed by atoms with E-state index >= 15 is 0 Å². The monoisotopic (exact) mass is 440 g/mol. The van der Waals surface area contributed by atoms with Gasteiger partial charge in [0.2, 0.25) is 0 Å². The number of methoxy groups -OCH3 is 1. The molecule has 0 bridgehead atoms. The molecule has 0 fully saturated rings. The number of carbonyl (C=O) groups excluding carboxylic acids is 1. The highest BCUT2D eigenvalue weighted by molar-refractivity contribution is 6.31. The lowest BCUT2D eigenvalue weighted by Crippen LogP contribution is -2.30. The van der Waals surface area contributed by atoms with Crippen LogP contribution in [0.25, 0.3) is 21.7 Å². The summed E-state index contributed by atoms with van der Waals surface area (Å²) in [6, 6.07) is 14.4. The van der Waals surface area contributed by atoms with Gasteiger partial charge in [0, 0.05) is 45.7 Å². The van der Waals surface area contributed by atoms with Gasteiger partial charge in [0.15, 0.2) is 0 Å². The van der Waals surface area contributed by atoms with Gasteiger partial charge in [0.25, 0.3) is 5.91 Å². The molecule has 1 amide bonds. The van der Waals surface area contributed by atoms with Crippen molar-refractivity contribution in [2.24, 2.45) is 0 Å². The van der Waals surface area contributed by atoms with Gasteiger partial charge in [0.1, 0.15) is 17.2 Å². The van der Waals surface area contributed by atoms with E-state index in [2.05, 4.69) is 4.98 Å². The lowest BCUT2D eigenvalue weighted by Gasteiger charge is -2.17. The molecule has 2 N–H and O–H groups in total. The molecule has 1 aromatic heterocycles. The van der Waals surface area contributed by atoms with Gasteiger partial charge in [-0.15, -0.1) is 11.6 Å². The quantitative estimate of drug-likeness (QED) is 0.403. The number of rotatable bonds is 3. The van der Waals surface area contributed by atoms with Crippen LogP contribution in [0, 0.1) is 0 Å². The van der Waals surface area contributed by atoms with Crippen molar-refractivity contribution < 1.29 is 14.6 Å². The number of halogens is 2. The van der Waals surface area contributed by atoms with Gasteiger partial charge in [-0.2, -0.15) is 0 Å². The Hall–Kier alpha value is -2.89. The normalized spacial score (nSPS) is 15.7. The van der Waals surface area contributed by atoms with E-state index in [-0.39, 0.29) is 17.6 Å². The number of alkyl halides is 1. The van der Waals surface area contributed by atoms with Crippen LogP contribution in [0.1, 0.15) is 22.0 Å². The molecule has 0 saturated heterocycles. The van der Waals surface area contributed by atoms with Gasteiger partial charge in [0.05, 0.1) is 12.8 Å². The summed E-state index contributed by atoms with van der Waals surface area (Å²) in [5.41, 5.74) is 2.91. The van der Waals surface area contributed by atoms with Crippen molar-refractivity contribution in [1.82, 2.24) is 4.98 Å². The highest BCUT2D eigenvalue weighted by Gasteiger charge is 2.35. The number of H-pyrrole nitrogens is 1. The summed E-state index contributed by atoms with van der Waals surface area (Å²) in [7, 11) is 1.60. The van der Waals surface area contributed by atoms with Gasteiger partial charge < -0.3 is 19.7 Å². The highest BCUT2D eigenvalue weighted by Crippen LogP contribution is 2.46. The first-order valence-electron chi connectivity index (χ1n) is 9.50. The lowest BCUT2D eigenvalue weighted by atomic mass is 9.95. The van der Waals surface area contributed by atoms with Crippen LogP contribution in [-0.2, 0) is 0 Å². The van der Waals surface area contributed by atoms with Crippen molar-refractivity contribution >= 4 is 56.5 Å². The average Bonchev–Trinajstić information content (AvgIpc) is 3.34. The van der Waals surface area contributed by atoms with E-state index in [1.807, 2.05) is 24.3 Å². The molecule has 4 aromatic rings. The Kier molecular flexibility index (Phi) is 4.53. The van der Waals surface area contributed by atoms with Crippen molar-refractivity contribution in [2.45, 2.75) is 5.92 Å². The number of hydrogen-bond acceptors (Lipinski definition) is 3. The fraction of sp³-hybridized carbons (Fsp3) is 0.174. The molecule has 0 spiro atoms. The number of nitrogens with one attached hydrogen (secondary N) is 1. The molecule has 0 saturated carbocycles. The second-order valence-electron chi connectivity index (χ2n) is 7.42. The van der Waals surface area contributed by atoms with Gasteiger partial charge in [-0.3, -0.25) is 4.79 Å². The number of aromatic nitrogens is 1. The number of carbonyl (C=O) groups is 1. The van der Waals surface area contributed by atoms with Crippen LogP contribution in [0.3, 0.4) is 0 Å². The summed E-state index contributed by atoms with van der Waals surface area (Å²) in [5.74, 6) is 0.914. The van der Waals surface area contributed by atoms with Gasteiger partial charge in [-0.1, -0.05) is 11.6 Å². The second kappa shape index (κ2) is 7.11. The molecule has 2 heterocycles. The van der Waals surface area contributed by atoms with Crippen molar-refractivity contribution in [3.63, 3.8) is 0 Å². The molecule has 1 atom stereocenters. The summed E-state index contributed by atoms with van der Waals surface area (Å²) in [6.45, 7) is 0.434. The molecule has 1 aliphatic heterocycles. The molecule has 1 aliphatic rings. The Morgan fingerprint density at radius 2 is 2.03 bits per heavy atom. The van der Waals surface area contributed by atoms with E-state index in [1.165, 1.54) is 0 Å². The van der Waals surface area contributed by atoms with E-state index in [9.17, 15) is 9.90 Å². The first-order valence-corrected chi connectivity index (χ1v) is 10.4. The third-order valence-electron chi connectivity index (χ3n) is 5.69. The molecule has 152 valence electrons. The van der Waals surface area contributed by atoms with Crippen LogP contribution in [0.2, 0.25) is 5.02 Å². The van der Waals surface area contributed by atoms with Crippen LogP contribution >= 0.6 is 23.2 Å². The Morgan fingerprint density at radius 3 is 2.80 bits per heavy atom. The van der Waals surface area contributed by atoms with E-state index in [1.54, 1.807) is 36.3 Å². The number of benzene rings is 3. The second-order valence-corrected chi connectivity index (χ2v) is 8.17. The minimum Gasteiger partial charge on any atom is -0.507 e. The molecule has 3 aromatic carbocycles. The Balaban J connectivity index is 1.65. The summed E-state index contributed by atoms with van der Waals surface area (Å²) in [6.07, 6.45) is 0. The van der Waals surface area contributed by atoms with Gasteiger partial charge in [-0.05, 0) is 53.4 Å². The molecule has 0 aliphatic carbocycles. The number of fused-ring (bicyclic) bond motifs is 4. The third kappa shape index (κ3) is 2.89. The Bertz CT molecular complexity index is 1320. The summed E-state index contributed by atoms with van der Waals surface area (Å²) in [5, 5.41) is 13.7. The maximum atomic E-state index is 13.4. The zero-order valence-electron chi connectivity index (χ0n) is 16.1. The summed E-state index contributed by atoms with van der Waals surface area (Å²) in [4.78, 5) is 18.3. The first-order chi connectivity index (χ1) is 14.5. The number of phenolic OH excluding ortho intramolecular Hbond substituents is 1. The van der Waals surface area contributed by atoms with E-state index in [0.717, 1.165) is 21.9 Å². The van der Waals surface area contributed by atoms with Crippen molar-refractivity contribution in [3.05, 3.63) is 64.8 Å². The average molecular weight is 441 g/mol.